The molecule has 0 saturated carbocycles. The van der Waals surface area contributed by atoms with Gasteiger partial charge in [0, 0.05) is 37.6 Å². The van der Waals surface area contributed by atoms with Crippen LogP contribution in [0.5, 0.6) is 0 Å². The van der Waals surface area contributed by atoms with Gasteiger partial charge >= 0.3 is 0 Å². The molecule has 1 aromatic carbocycles. The van der Waals surface area contributed by atoms with Gasteiger partial charge < -0.3 is 15.1 Å². The molecule has 1 saturated heterocycles. The Kier molecular flexibility index (Phi) is 5.91. The van der Waals surface area contributed by atoms with Crippen molar-refractivity contribution in [3.05, 3.63) is 30.0 Å². The van der Waals surface area contributed by atoms with Gasteiger partial charge in [-0.05, 0) is 63.3 Å². The summed E-state index contributed by atoms with van der Waals surface area (Å²) in [5, 5.41) is 11.8. The first-order valence-corrected chi connectivity index (χ1v) is 9.68. The van der Waals surface area contributed by atoms with E-state index in [9.17, 15) is 0 Å². The second-order valence-electron chi connectivity index (χ2n) is 7.11. The van der Waals surface area contributed by atoms with Crippen LogP contribution in [0.1, 0.15) is 39.2 Å². The van der Waals surface area contributed by atoms with Crippen LogP contribution in [-0.4, -0.2) is 41.4 Å². The second kappa shape index (κ2) is 8.34. The van der Waals surface area contributed by atoms with Crippen LogP contribution in [-0.2, 0) is 0 Å². The minimum Gasteiger partial charge on any atom is -0.372 e. The van der Waals surface area contributed by atoms with E-state index in [1.807, 2.05) is 0 Å². The Morgan fingerprint density at radius 3 is 2.58 bits per heavy atom. The molecule has 0 atom stereocenters. The van der Waals surface area contributed by atoms with Crippen LogP contribution in [0.3, 0.4) is 0 Å². The first-order valence-electron chi connectivity index (χ1n) is 9.68. The molecule has 1 N–H and O–H groups in total. The first-order chi connectivity index (χ1) is 12.6. The molecule has 0 amide bonds. The van der Waals surface area contributed by atoms with Crippen molar-refractivity contribution >= 4 is 23.1 Å². The van der Waals surface area contributed by atoms with Gasteiger partial charge in [0.05, 0.1) is 6.20 Å². The van der Waals surface area contributed by atoms with E-state index >= 15 is 0 Å². The van der Waals surface area contributed by atoms with Crippen LogP contribution in [0.25, 0.3) is 0 Å². The third-order valence-electron chi connectivity index (χ3n) is 5.22. The fourth-order valence-corrected chi connectivity index (χ4v) is 3.41. The number of anilines is 4. The zero-order valence-corrected chi connectivity index (χ0v) is 16.4. The van der Waals surface area contributed by atoms with E-state index in [1.54, 1.807) is 6.20 Å². The van der Waals surface area contributed by atoms with Crippen LogP contribution in [0.4, 0.5) is 23.1 Å². The Morgan fingerprint density at radius 2 is 1.92 bits per heavy atom. The van der Waals surface area contributed by atoms with Crippen molar-refractivity contribution in [2.45, 2.75) is 40.5 Å². The van der Waals surface area contributed by atoms with E-state index in [1.165, 1.54) is 24.1 Å². The van der Waals surface area contributed by atoms with E-state index < -0.39 is 0 Å². The predicted molar refractivity (Wildman–Crippen MR) is 108 cm³/mol. The van der Waals surface area contributed by atoms with Crippen molar-refractivity contribution in [2.24, 2.45) is 5.92 Å². The summed E-state index contributed by atoms with van der Waals surface area (Å²) in [6.07, 6.45) is 4.06. The Balaban J connectivity index is 1.74. The SMILES string of the molecule is CCN(CC)c1ccc(Nc2cnnc(N3CCC(C)CC3)n2)c(C)c1. The van der Waals surface area contributed by atoms with E-state index in [4.69, 9.17) is 0 Å². The van der Waals surface area contributed by atoms with Gasteiger partial charge in [-0.15, -0.1) is 5.10 Å². The van der Waals surface area contributed by atoms with Crippen molar-refractivity contribution in [1.29, 1.82) is 0 Å². The van der Waals surface area contributed by atoms with Gasteiger partial charge in [0.15, 0.2) is 5.82 Å². The highest BCUT2D eigenvalue weighted by Gasteiger charge is 2.18. The quantitative estimate of drug-likeness (QED) is 0.846. The number of benzene rings is 1. The number of hydrogen-bond donors (Lipinski definition) is 1. The summed E-state index contributed by atoms with van der Waals surface area (Å²) in [6, 6.07) is 6.49. The molecule has 0 unspecified atom stereocenters. The Labute approximate surface area is 156 Å². The highest BCUT2D eigenvalue weighted by Crippen LogP contribution is 2.26. The molecule has 140 valence electrons. The van der Waals surface area contributed by atoms with E-state index in [0.717, 1.165) is 49.6 Å². The predicted octanol–water partition coefficient (Wildman–Crippen LogP) is 4.01. The van der Waals surface area contributed by atoms with E-state index in [0.29, 0.717) is 0 Å². The lowest BCUT2D eigenvalue weighted by atomic mass is 10.00. The molecule has 0 spiro atoms. The number of aryl methyl sites for hydroxylation is 1. The molecular formula is C20H30N6. The highest BCUT2D eigenvalue weighted by molar-refractivity contribution is 5.65. The minimum atomic E-state index is 0.722. The first kappa shape index (κ1) is 18.4. The summed E-state index contributed by atoms with van der Waals surface area (Å²) >= 11 is 0. The molecule has 1 aliphatic rings. The van der Waals surface area contributed by atoms with E-state index in [2.05, 4.69) is 76.2 Å². The molecule has 2 heterocycles. The third kappa shape index (κ3) is 4.23. The molecular weight excluding hydrogens is 324 g/mol. The molecule has 3 rings (SSSR count). The van der Waals surface area contributed by atoms with Crippen molar-refractivity contribution in [2.75, 3.05) is 41.3 Å². The number of aromatic nitrogens is 3. The zero-order valence-electron chi connectivity index (χ0n) is 16.4. The second-order valence-corrected chi connectivity index (χ2v) is 7.11. The van der Waals surface area contributed by atoms with Crippen molar-refractivity contribution in [1.82, 2.24) is 15.2 Å². The van der Waals surface area contributed by atoms with Crippen molar-refractivity contribution in [3.63, 3.8) is 0 Å². The Hall–Kier alpha value is -2.37. The van der Waals surface area contributed by atoms with Gasteiger partial charge in [0.2, 0.25) is 5.95 Å². The molecule has 0 aliphatic carbocycles. The summed E-state index contributed by atoms with van der Waals surface area (Å²) in [7, 11) is 0. The molecule has 1 aromatic heterocycles. The number of nitrogens with one attached hydrogen (secondary N) is 1. The highest BCUT2D eigenvalue weighted by atomic mass is 15.3. The molecule has 6 heteroatoms. The van der Waals surface area contributed by atoms with Gasteiger partial charge in [-0.2, -0.15) is 10.1 Å². The van der Waals surface area contributed by atoms with Crippen LogP contribution >= 0.6 is 0 Å². The van der Waals surface area contributed by atoms with Crippen LogP contribution in [0.15, 0.2) is 24.4 Å². The molecule has 1 aliphatic heterocycles. The fourth-order valence-electron chi connectivity index (χ4n) is 3.41. The summed E-state index contributed by atoms with van der Waals surface area (Å²) in [5.74, 6) is 2.25. The lowest BCUT2D eigenvalue weighted by Gasteiger charge is -2.29. The average Bonchev–Trinajstić information content (AvgIpc) is 2.66. The van der Waals surface area contributed by atoms with Crippen molar-refractivity contribution < 1.29 is 0 Å². The van der Waals surface area contributed by atoms with Gasteiger partial charge in [0.1, 0.15) is 0 Å². The largest absolute Gasteiger partial charge is 0.372 e. The maximum atomic E-state index is 4.68. The van der Waals surface area contributed by atoms with E-state index in [-0.39, 0.29) is 0 Å². The summed E-state index contributed by atoms with van der Waals surface area (Å²) in [5.41, 5.74) is 3.50. The Bertz CT molecular complexity index is 720. The standard InChI is InChI=1S/C20H30N6/c1-5-25(6-2)17-7-8-18(16(4)13-17)22-19-14-21-24-20(23-19)26-11-9-15(3)10-12-26/h7-8,13-15H,5-6,9-12H2,1-4H3,(H,22,23,24). The summed E-state index contributed by atoms with van der Waals surface area (Å²) in [6.45, 7) is 12.8. The lowest BCUT2D eigenvalue weighted by molar-refractivity contribution is 0.433. The van der Waals surface area contributed by atoms with Crippen LogP contribution < -0.4 is 15.1 Å². The molecule has 26 heavy (non-hydrogen) atoms. The smallest absolute Gasteiger partial charge is 0.247 e. The normalized spacial score (nSPS) is 15.2. The van der Waals surface area contributed by atoms with Gasteiger partial charge in [0.25, 0.3) is 0 Å². The minimum absolute atomic E-state index is 0.722. The monoisotopic (exact) mass is 354 g/mol. The zero-order chi connectivity index (χ0) is 18.5. The van der Waals surface area contributed by atoms with Crippen molar-refractivity contribution in [3.8, 4) is 0 Å². The van der Waals surface area contributed by atoms with Crippen LogP contribution in [0, 0.1) is 12.8 Å². The van der Waals surface area contributed by atoms with Gasteiger partial charge in [-0.1, -0.05) is 6.92 Å². The van der Waals surface area contributed by atoms with Crippen LogP contribution in [0.2, 0.25) is 0 Å². The summed E-state index contributed by atoms with van der Waals surface area (Å²) in [4.78, 5) is 9.25. The maximum Gasteiger partial charge on any atom is 0.247 e. The number of piperidine rings is 1. The summed E-state index contributed by atoms with van der Waals surface area (Å²) < 4.78 is 0. The molecule has 6 nitrogen and oxygen atoms in total. The molecule has 2 aromatic rings. The maximum absolute atomic E-state index is 4.68. The average molecular weight is 355 g/mol. The van der Waals surface area contributed by atoms with Gasteiger partial charge in [-0.3, -0.25) is 0 Å². The number of rotatable bonds is 6. The Morgan fingerprint density at radius 1 is 1.19 bits per heavy atom. The lowest BCUT2D eigenvalue weighted by Crippen LogP contribution is -2.34. The third-order valence-corrected chi connectivity index (χ3v) is 5.22. The topological polar surface area (TPSA) is 57.2 Å². The fraction of sp³-hybridized carbons (Fsp3) is 0.550. The number of nitrogens with zero attached hydrogens (tertiary/aromatic N) is 5. The number of hydrogen-bond acceptors (Lipinski definition) is 6. The molecule has 0 radical (unpaired) electrons. The molecule has 1 fully saturated rings. The molecule has 0 bridgehead atoms. The van der Waals surface area contributed by atoms with Gasteiger partial charge in [-0.25, -0.2) is 0 Å².